The van der Waals surface area contributed by atoms with Gasteiger partial charge in [0.05, 0.1) is 35.6 Å². The number of anilines is 1. The molecule has 5 rings (SSSR count). The van der Waals surface area contributed by atoms with E-state index in [-0.39, 0.29) is 31.0 Å². The number of carbonyl (C=O) groups excluding carboxylic acids is 1. The molecule has 3 heterocycles. The molecule has 3 aromatic rings. The number of carbonyl (C=O) groups is 1. The lowest BCUT2D eigenvalue weighted by Gasteiger charge is -2.44. The maximum atomic E-state index is 13.5. The van der Waals surface area contributed by atoms with Crippen molar-refractivity contribution in [3.8, 4) is 6.07 Å². The Hall–Kier alpha value is -3.44. The van der Waals surface area contributed by atoms with Crippen LogP contribution in [0.2, 0.25) is 0 Å². The normalized spacial score (nSPS) is 18.0. The molecule has 0 unspecified atom stereocenters. The quantitative estimate of drug-likeness (QED) is 0.502. The minimum absolute atomic E-state index is 0.00654. The van der Waals surface area contributed by atoms with Crippen LogP contribution in [0, 0.1) is 17.2 Å². The number of aromatic nitrogens is 3. The lowest BCUT2D eigenvalue weighted by molar-refractivity contribution is -0.135. The lowest BCUT2D eigenvalue weighted by Crippen LogP contribution is -2.58. The number of nitrogens with zero attached hydrogens (tertiary/aromatic N) is 6. The molecular formula is C29H36N6O2. The molecule has 1 N–H and O–H groups in total. The van der Waals surface area contributed by atoms with Gasteiger partial charge in [-0.25, -0.2) is 4.98 Å². The Bertz CT molecular complexity index is 1340. The van der Waals surface area contributed by atoms with Crippen LogP contribution in [0.25, 0.3) is 10.9 Å². The minimum Gasteiger partial charge on any atom is -0.392 e. The molecule has 37 heavy (non-hydrogen) atoms. The van der Waals surface area contributed by atoms with Crippen LogP contribution in [0.3, 0.4) is 0 Å². The van der Waals surface area contributed by atoms with Crippen molar-refractivity contribution < 1.29 is 9.90 Å². The number of amides is 1. The van der Waals surface area contributed by atoms with E-state index in [1.54, 1.807) is 10.9 Å². The molecule has 1 aromatic carbocycles. The van der Waals surface area contributed by atoms with Gasteiger partial charge in [-0.15, -0.1) is 0 Å². The standard InChI is InChI=1S/C29H36N6O2/c1-4-7-22-23(14-30)29(32-28(20-10-11-20)24(22)18-36)33-12-13-34(26(16-33)19(2)3)27(37)17-35-25-9-6-5-8-21(25)15-31-35/h5-6,8-9,15,19-20,26,36H,4,7,10-13,16-18H2,1-3H3/t26-/m0/s1. The van der Waals surface area contributed by atoms with E-state index in [1.807, 2.05) is 29.2 Å². The largest absolute Gasteiger partial charge is 0.392 e. The molecule has 1 saturated heterocycles. The van der Waals surface area contributed by atoms with Crippen LogP contribution in [0.5, 0.6) is 0 Å². The van der Waals surface area contributed by atoms with E-state index in [4.69, 9.17) is 4.98 Å². The van der Waals surface area contributed by atoms with Crippen molar-refractivity contribution in [3.63, 3.8) is 0 Å². The molecule has 0 bridgehead atoms. The number of hydrogen-bond acceptors (Lipinski definition) is 6. The Morgan fingerprint density at radius 1 is 1.22 bits per heavy atom. The van der Waals surface area contributed by atoms with E-state index < -0.39 is 0 Å². The SMILES string of the molecule is CCCc1c(C#N)c(N2CCN(C(=O)Cn3ncc4ccccc43)[C@H](C(C)C)C2)nc(C2CC2)c1CO. The van der Waals surface area contributed by atoms with E-state index >= 15 is 0 Å². The van der Waals surface area contributed by atoms with Crippen LogP contribution in [0.15, 0.2) is 30.5 Å². The number of nitriles is 1. The van der Waals surface area contributed by atoms with Crippen LogP contribution in [-0.4, -0.2) is 56.4 Å². The molecule has 194 valence electrons. The third-order valence-electron chi connectivity index (χ3n) is 7.80. The first kappa shape index (κ1) is 25.2. The molecule has 1 atom stereocenters. The molecular weight excluding hydrogens is 464 g/mol. The fourth-order valence-electron chi connectivity index (χ4n) is 5.67. The first-order valence-corrected chi connectivity index (χ1v) is 13.5. The second-order valence-electron chi connectivity index (χ2n) is 10.7. The van der Waals surface area contributed by atoms with E-state index in [0.29, 0.717) is 31.1 Å². The van der Waals surface area contributed by atoms with Crippen molar-refractivity contribution in [2.24, 2.45) is 5.92 Å². The number of rotatable bonds is 8. The van der Waals surface area contributed by atoms with E-state index in [2.05, 4.69) is 36.8 Å². The Balaban J connectivity index is 1.43. The molecule has 1 amide bonds. The zero-order chi connectivity index (χ0) is 26.1. The van der Waals surface area contributed by atoms with E-state index in [9.17, 15) is 15.2 Å². The highest BCUT2D eigenvalue weighted by molar-refractivity contribution is 5.82. The van der Waals surface area contributed by atoms with Crippen molar-refractivity contribution in [1.29, 1.82) is 5.26 Å². The van der Waals surface area contributed by atoms with Gasteiger partial charge in [-0.1, -0.05) is 45.4 Å². The average molecular weight is 501 g/mol. The van der Waals surface area contributed by atoms with E-state index in [0.717, 1.165) is 59.2 Å². The summed E-state index contributed by atoms with van der Waals surface area (Å²) in [6.45, 7) is 8.31. The first-order valence-electron chi connectivity index (χ1n) is 13.5. The van der Waals surface area contributed by atoms with Crippen molar-refractivity contribution in [2.45, 2.75) is 71.6 Å². The van der Waals surface area contributed by atoms with Gasteiger partial charge in [0.25, 0.3) is 0 Å². The van der Waals surface area contributed by atoms with Gasteiger partial charge in [0.1, 0.15) is 18.4 Å². The number of aliphatic hydroxyl groups is 1. The smallest absolute Gasteiger partial charge is 0.244 e. The highest BCUT2D eigenvalue weighted by atomic mass is 16.3. The molecule has 8 heteroatoms. The number of pyridine rings is 1. The van der Waals surface area contributed by atoms with Gasteiger partial charge in [0.15, 0.2) is 0 Å². The van der Waals surface area contributed by atoms with Crippen LogP contribution >= 0.6 is 0 Å². The Morgan fingerprint density at radius 3 is 2.68 bits per heavy atom. The minimum atomic E-state index is -0.0812. The summed E-state index contributed by atoms with van der Waals surface area (Å²) in [7, 11) is 0. The van der Waals surface area contributed by atoms with Gasteiger partial charge in [-0.3, -0.25) is 9.48 Å². The van der Waals surface area contributed by atoms with Gasteiger partial charge in [0.2, 0.25) is 5.91 Å². The molecule has 0 spiro atoms. The predicted molar refractivity (Wildman–Crippen MR) is 143 cm³/mol. The number of para-hydroxylation sites is 1. The molecule has 2 fully saturated rings. The van der Waals surface area contributed by atoms with Gasteiger partial charge >= 0.3 is 0 Å². The summed E-state index contributed by atoms with van der Waals surface area (Å²) < 4.78 is 1.78. The third kappa shape index (κ3) is 4.80. The maximum absolute atomic E-state index is 13.5. The lowest BCUT2D eigenvalue weighted by atomic mass is 9.94. The van der Waals surface area contributed by atoms with Gasteiger partial charge in [-0.05, 0) is 36.8 Å². The number of benzene rings is 1. The van der Waals surface area contributed by atoms with Crippen LogP contribution in [0.1, 0.15) is 68.3 Å². The summed E-state index contributed by atoms with van der Waals surface area (Å²) in [6, 6.07) is 10.3. The summed E-state index contributed by atoms with van der Waals surface area (Å²) in [5, 5.41) is 25.9. The third-order valence-corrected chi connectivity index (χ3v) is 7.80. The van der Waals surface area contributed by atoms with Crippen LogP contribution in [0.4, 0.5) is 5.82 Å². The van der Waals surface area contributed by atoms with Crippen LogP contribution < -0.4 is 4.90 Å². The Labute approximate surface area is 218 Å². The number of aliphatic hydroxyl groups excluding tert-OH is 1. The average Bonchev–Trinajstić information content (AvgIpc) is 3.68. The van der Waals surface area contributed by atoms with Crippen LogP contribution in [-0.2, 0) is 24.4 Å². The molecule has 1 saturated carbocycles. The maximum Gasteiger partial charge on any atom is 0.244 e. The monoisotopic (exact) mass is 500 g/mol. The summed E-state index contributed by atoms with van der Waals surface area (Å²) in [5.41, 5.74) is 4.30. The zero-order valence-corrected chi connectivity index (χ0v) is 22.0. The number of piperazine rings is 1. The molecule has 8 nitrogen and oxygen atoms in total. The first-order chi connectivity index (χ1) is 18.0. The summed E-state index contributed by atoms with van der Waals surface area (Å²) >= 11 is 0. The summed E-state index contributed by atoms with van der Waals surface area (Å²) in [5.74, 6) is 1.39. The summed E-state index contributed by atoms with van der Waals surface area (Å²) in [6.07, 6.45) is 5.61. The topological polar surface area (TPSA) is 98.3 Å². The Morgan fingerprint density at radius 2 is 2.00 bits per heavy atom. The predicted octanol–water partition coefficient (Wildman–Crippen LogP) is 4.00. The van der Waals surface area contributed by atoms with Crippen molar-refractivity contribution in [3.05, 3.63) is 52.8 Å². The van der Waals surface area contributed by atoms with Crippen molar-refractivity contribution in [2.75, 3.05) is 24.5 Å². The van der Waals surface area contributed by atoms with Crippen molar-refractivity contribution >= 4 is 22.6 Å². The molecule has 1 aliphatic carbocycles. The molecule has 2 aliphatic rings. The summed E-state index contributed by atoms with van der Waals surface area (Å²) in [4.78, 5) is 22.7. The molecule has 2 aromatic heterocycles. The molecule has 1 aliphatic heterocycles. The van der Waals surface area contributed by atoms with Gasteiger partial charge in [-0.2, -0.15) is 10.4 Å². The zero-order valence-electron chi connectivity index (χ0n) is 22.0. The highest BCUT2D eigenvalue weighted by Gasteiger charge is 2.36. The Kier molecular flexibility index (Phi) is 7.16. The van der Waals surface area contributed by atoms with Gasteiger partial charge < -0.3 is 14.9 Å². The van der Waals surface area contributed by atoms with E-state index in [1.165, 1.54) is 0 Å². The highest BCUT2D eigenvalue weighted by Crippen LogP contribution is 2.43. The second kappa shape index (κ2) is 10.5. The number of fused-ring (bicyclic) bond motifs is 1. The second-order valence-corrected chi connectivity index (χ2v) is 10.7. The van der Waals surface area contributed by atoms with Gasteiger partial charge in [0, 0.05) is 36.5 Å². The number of hydrogen-bond donors (Lipinski definition) is 1. The fraction of sp³-hybridized carbons (Fsp3) is 0.517. The fourth-order valence-corrected chi connectivity index (χ4v) is 5.67. The van der Waals surface area contributed by atoms with Crippen molar-refractivity contribution in [1.82, 2.24) is 19.7 Å². The molecule has 0 radical (unpaired) electrons.